The van der Waals surface area contributed by atoms with E-state index in [0.717, 1.165) is 0 Å². The predicted molar refractivity (Wildman–Crippen MR) is 90.7 cm³/mol. The highest BCUT2D eigenvalue weighted by molar-refractivity contribution is 7.92. The van der Waals surface area contributed by atoms with Crippen LogP contribution in [0.3, 0.4) is 0 Å². The first-order valence-electron chi connectivity index (χ1n) is 7.91. The first-order chi connectivity index (χ1) is 11.1. The van der Waals surface area contributed by atoms with Gasteiger partial charge in [-0.3, -0.25) is 4.79 Å². The van der Waals surface area contributed by atoms with Crippen LogP contribution in [0.4, 0.5) is 0 Å². The number of ketones is 1. The summed E-state index contributed by atoms with van der Waals surface area (Å²) in [7, 11) is -3.49. The lowest BCUT2D eigenvalue weighted by Gasteiger charge is -2.35. The third kappa shape index (κ3) is 2.83. The van der Waals surface area contributed by atoms with Crippen LogP contribution >= 0.6 is 0 Å². The van der Waals surface area contributed by atoms with Crippen molar-refractivity contribution in [2.24, 2.45) is 5.92 Å². The Balaban J connectivity index is 2.13. The van der Waals surface area contributed by atoms with Crippen molar-refractivity contribution in [2.45, 2.75) is 30.3 Å². The molecule has 0 spiro atoms. The Labute approximate surface area is 137 Å². The molecule has 0 aromatic heterocycles. The molecule has 3 atom stereocenters. The Morgan fingerprint density at radius 2 is 1.43 bits per heavy atom. The fourth-order valence-corrected chi connectivity index (χ4v) is 6.13. The van der Waals surface area contributed by atoms with Crippen LogP contribution in [-0.4, -0.2) is 14.2 Å². The second-order valence-electron chi connectivity index (χ2n) is 6.00. The number of Topliss-reactive ketones (excluding diaryl/α,β-unsaturated/α-hetero) is 1. The minimum atomic E-state index is -3.49. The Bertz CT molecular complexity index is 782. The van der Waals surface area contributed by atoms with Gasteiger partial charge in [-0.25, -0.2) is 8.42 Å². The average Bonchev–Trinajstić information content (AvgIpc) is 2.57. The van der Waals surface area contributed by atoms with Crippen molar-refractivity contribution in [3.63, 3.8) is 0 Å². The molecule has 2 aromatic carbocycles. The van der Waals surface area contributed by atoms with Crippen molar-refractivity contribution in [1.29, 1.82) is 0 Å². The normalized spacial score (nSPS) is 26.8. The smallest absolute Gasteiger partial charge is 0.165 e. The van der Waals surface area contributed by atoms with Gasteiger partial charge < -0.3 is 0 Å². The molecule has 1 heterocycles. The summed E-state index contributed by atoms with van der Waals surface area (Å²) >= 11 is 0. The summed E-state index contributed by atoms with van der Waals surface area (Å²) in [4.78, 5) is 12.6. The van der Waals surface area contributed by atoms with Crippen LogP contribution in [0.5, 0.6) is 0 Å². The van der Waals surface area contributed by atoms with Gasteiger partial charge in [-0.2, -0.15) is 0 Å². The van der Waals surface area contributed by atoms with E-state index < -0.39 is 26.3 Å². The molecule has 0 unspecified atom stereocenters. The Hall–Kier alpha value is -1.94. The predicted octanol–water partition coefficient (Wildman–Crippen LogP) is 3.88. The molecule has 0 radical (unpaired) electrons. The summed E-state index contributed by atoms with van der Waals surface area (Å²) in [6.45, 7) is 1.89. The van der Waals surface area contributed by atoms with Crippen LogP contribution in [0.2, 0.25) is 0 Å². The van der Waals surface area contributed by atoms with Gasteiger partial charge >= 0.3 is 0 Å². The first-order valence-corrected chi connectivity index (χ1v) is 9.52. The number of carbonyl (C=O) groups excluding carboxylic acids is 1. The number of rotatable bonds is 3. The summed E-state index contributed by atoms with van der Waals surface area (Å²) in [6.07, 6.45) is 0.618. The van der Waals surface area contributed by atoms with E-state index in [-0.39, 0.29) is 12.2 Å². The lowest BCUT2D eigenvalue weighted by atomic mass is 9.88. The fourth-order valence-electron chi connectivity index (χ4n) is 3.51. The highest BCUT2D eigenvalue weighted by Gasteiger charge is 2.48. The Morgan fingerprint density at radius 3 is 1.96 bits per heavy atom. The van der Waals surface area contributed by atoms with Gasteiger partial charge in [0, 0.05) is 12.3 Å². The number of benzene rings is 2. The number of hydrogen-bond acceptors (Lipinski definition) is 3. The van der Waals surface area contributed by atoms with Gasteiger partial charge in [0.15, 0.2) is 9.84 Å². The number of sulfone groups is 1. The van der Waals surface area contributed by atoms with Gasteiger partial charge in [0.25, 0.3) is 0 Å². The standard InChI is InChI=1S/C19H20O3S/c1-2-16-17(20)13-18(14-9-5-3-6-10-14)23(21,22)19(16)15-11-7-4-8-12-15/h3-12,16,18-19H,2,13H2,1H3/t16-,18-,19-/m0/s1. The van der Waals surface area contributed by atoms with Crippen LogP contribution < -0.4 is 0 Å². The van der Waals surface area contributed by atoms with Crippen LogP contribution in [0.25, 0.3) is 0 Å². The molecule has 120 valence electrons. The molecule has 2 aromatic rings. The molecule has 3 nitrogen and oxygen atoms in total. The highest BCUT2D eigenvalue weighted by atomic mass is 32.2. The maximum absolute atomic E-state index is 13.3. The third-order valence-corrected chi connectivity index (χ3v) is 7.20. The van der Waals surface area contributed by atoms with E-state index in [1.54, 1.807) is 12.1 Å². The molecule has 1 saturated heterocycles. The molecule has 1 fully saturated rings. The van der Waals surface area contributed by atoms with E-state index in [1.807, 2.05) is 55.5 Å². The zero-order valence-electron chi connectivity index (χ0n) is 13.1. The van der Waals surface area contributed by atoms with Gasteiger partial charge in [0.05, 0.1) is 10.5 Å². The number of carbonyl (C=O) groups is 1. The Kier molecular flexibility index (Phi) is 4.35. The molecule has 0 amide bonds. The first kappa shape index (κ1) is 15.9. The van der Waals surface area contributed by atoms with E-state index >= 15 is 0 Å². The maximum Gasteiger partial charge on any atom is 0.165 e. The molecule has 3 rings (SSSR count). The van der Waals surface area contributed by atoms with Crippen molar-refractivity contribution in [3.05, 3.63) is 71.8 Å². The molecule has 4 heteroatoms. The van der Waals surface area contributed by atoms with E-state index in [1.165, 1.54) is 0 Å². The van der Waals surface area contributed by atoms with Crippen LogP contribution in [0, 0.1) is 5.92 Å². The second kappa shape index (κ2) is 6.28. The van der Waals surface area contributed by atoms with Crippen molar-refractivity contribution >= 4 is 15.6 Å². The summed E-state index contributed by atoms with van der Waals surface area (Å²) in [5, 5.41) is -1.50. The summed E-state index contributed by atoms with van der Waals surface area (Å²) < 4.78 is 26.6. The Morgan fingerprint density at radius 1 is 0.913 bits per heavy atom. The largest absolute Gasteiger partial charge is 0.299 e. The average molecular weight is 328 g/mol. The lowest BCUT2D eigenvalue weighted by molar-refractivity contribution is -0.123. The van der Waals surface area contributed by atoms with Crippen molar-refractivity contribution in [3.8, 4) is 0 Å². The third-order valence-electron chi connectivity index (χ3n) is 4.66. The summed E-state index contributed by atoms with van der Waals surface area (Å²) in [5.74, 6) is -0.410. The summed E-state index contributed by atoms with van der Waals surface area (Å²) in [5.41, 5.74) is 1.42. The fraction of sp³-hybridized carbons (Fsp3) is 0.316. The van der Waals surface area contributed by atoms with Crippen LogP contribution in [0.1, 0.15) is 41.4 Å². The van der Waals surface area contributed by atoms with Crippen LogP contribution in [-0.2, 0) is 14.6 Å². The van der Waals surface area contributed by atoms with Crippen LogP contribution in [0.15, 0.2) is 60.7 Å². The molecule has 0 saturated carbocycles. The van der Waals surface area contributed by atoms with Gasteiger partial charge in [-0.15, -0.1) is 0 Å². The highest BCUT2D eigenvalue weighted by Crippen LogP contribution is 2.47. The van der Waals surface area contributed by atoms with E-state index in [4.69, 9.17) is 0 Å². The minimum Gasteiger partial charge on any atom is -0.299 e. The zero-order chi connectivity index (χ0) is 16.4. The zero-order valence-corrected chi connectivity index (χ0v) is 13.9. The van der Waals surface area contributed by atoms with E-state index in [2.05, 4.69) is 0 Å². The second-order valence-corrected chi connectivity index (χ2v) is 8.26. The molecule has 0 aliphatic carbocycles. The van der Waals surface area contributed by atoms with Crippen molar-refractivity contribution in [1.82, 2.24) is 0 Å². The lowest BCUT2D eigenvalue weighted by Crippen LogP contribution is -2.38. The molecule has 0 N–H and O–H groups in total. The van der Waals surface area contributed by atoms with Gasteiger partial charge in [0.2, 0.25) is 0 Å². The molecule has 1 aliphatic heterocycles. The SMILES string of the molecule is CC[C@H]1C(=O)C[C@@H](c2ccccc2)S(=O)(=O)[C@H]1c1ccccc1. The quantitative estimate of drug-likeness (QED) is 0.859. The van der Waals surface area contributed by atoms with Gasteiger partial charge in [0.1, 0.15) is 5.78 Å². The molecule has 0 bridgehead atoms. The summed E-state index contributed by atoms with van der Waals surface area (Å²) in [6, 6.07) is 18.2. The van der Waals surface area contributed by atoms with Gasteiger partial charge in [-0.1, -0.05) is 67.6 Å². The maximum atomic E-state index is 13.3. The topological polar surface area (TPSA) is 51.2 Å². The minimum absolute atomic E-state index is 0.0463. The molecule has 1 aliphatic rings. The van der Waals surface area contributed by atoms with Crippen molar-refractivity contribution in [2.75, 3.05) is 0 Å². The monoisotopic (exact) mass is 328 g/mol. The van der Waals surface area contributed by atoms with Crippen molar-refractivity contribution < 1.29 is 13.2 Å². The van der Waals surface area contributed by atoms with E-state index in [9.17, 15) is 13.2 Å². The molecule has 23 heavy (non-hydrogen) atoms. The molecular formula is C19H20O3S. The molecular weight excluding hydrogens is 308 g/mol. The van der Waals surface area contributed by atoms with E-state index in [0.29, 0.717) is 17.5 Å². The number of hydrogen-bond donors (Lipinski definition) is 0. The van der Waals surface area contributed by atoms with Gasteiger partial charge in [-0.05, 0) is 17.5 Å².